The third kappa shape index (κ3) is 6.92. The van der Waals surface area contributed by atoms with Crippen molar-refractivity contribution in [1.82, 2.24) is 9.62 Å². The van der Waals surface area contributed by atoms with Crippen LogP contribution in [-0.4, -0.2) is 50.7 Å². The third-order valence-corrected chi connectivity index (χ3v) is 4.77. The predicted octanol–water partition coefficient (Wildman–Crippen LogP) is 0.312. The summed E-state index contributed by atoms with van der Waals surface area (Å²) in [4.78, 5) is 2.10. The number of nitrogens with two attached hydrogens (primary N) is 1. The number of unbranched alkanes of at least 4 members (excludes halogenated alkanes) is 1. The minimum absolute atomic E-state index is 0.0355. The van der Waals surface area contributed by atoms with Crippen LogP contribution in [0.25, 0.3) is 0 Å². The molecule has 0 aromatic rings. The SMILES string of the molecule is CCC(C(N)=S)S(=O)(=O)NCCCCN(C)C. The Morgan fingerprint density at radius 2 is 2.00 bits per heavy atom. The maximum Gasteiger partial charge on any atom is 0.220 e. The van der Waals surface area contributed by atoms with E-state index >= 15 is 0 Å². The smallest absolute Gasteiger partial charge is 0.220 e. The zero-order valence-corrected chi connectivity index (χ0v) is 12.4. The lowest BCUT2D eigenvalue weighted by atomic mass is 10.3. The number of thiocarbonyl (C=S) groups is 1. The van der Waals surface area contributed by atoms with Crippen molar-refractivity contribution < 1.29 is 8.42 Å². The lowest BCUT2D eigenvalue weighted by Crippen LogP contribution is -2.42. The van der Waals surface area contributed by atoms with Crippen molar-refractivity contribution in [3.05, 3.63) is 0 Å². The highest BCUT2D eigenvalue weighted by Crippen LogP contribution is 2.05. The van der Waals surface area contributed by atoms with Crippen LogP contribution in [0.4, 0.5) is 0 Å². The van der Waals surface area contributed by atoms with Crippen LogP contribution in [0.1, 0.15) is 26.2 Å². The van der Waals surface area contributed by atoms with Crippen molar-refractivity contribution in [2.24, 2.45) is 5.73 Å². The molecule has 0 saturated heterocycles. The van der Waals surface area contributed by atoms with Crippen LogP contribution in [0.5, 0.6) is 0 Å². The molecule has 0 fully saturated rings. The largest absolute Gasteiger partial charge is 0.392 e. The molecule has 5 nitrogen and oxygen atoms in total. The molecule has 0 heterocycles. The molecule has 102 valence electrons. The Morgan fingerprint density at radius 1 is 1.41 bits per heavy atom. The first-order chi connectivity index (χ1) is 7.81. The highest BCUT2D eigenvalue weighted by molar-refractivity contribution is 7.93. The van der Waals surface area contributed by atoms with E-state index in [0.29, 0.717) is 13.0 Å². The van der Waals surface area contributed by atoms with E-state index in [1.54, 1.807) is 6.92 Å². The number of rotatable bonds is 9. The maximum absolute atomic E-state index is 11.8. The van der Waals surface area contributed by atoms with Crippen LogP contribution in [0.15, 0.2) is 0 Å². The summed E-state index contributed by atoms with van der Waals surface area (Å²) in [5.41, 5.74) is 5.41. The van der Waals surface area contributed by atoms with Crippen LogP contribution in [0.3, 0.4) is 0 Å². The van der Waals surface area contributed by atoms with Gasteiger partial charge in [0.2, 0.25) is 10.0 Å². The highest BCUT2D eigenvalue weighted by atomic mass is 32.2. The van der Waals surface area contributed by atoms with Gasteiger partial charge in [-0.1, -0.05) is 19.1 Å². The third-order valence-electron chi connectivity index (χ3n) is 2.40. The van der Waals surface area contributed by atoms with E-state index < -0.39 is 15.3 Å². The van der Waals surface area contributed by atoms with Gasteiger partial charge in [-0.15, -0.1) is 0 Å². The summed E-state index contributed by atoms with van der Waals surface area (Å²) in [6.07, 6.45) is 2.17. The normalized spacial score (nSPS) is 13.9. The Balaban J connectivity index is 4.06. The van der Waals surface area contributed by atoms with Crippen LogP contribution < -0.4 is 10.5 Å². The van der Waals surface area contributed by atoms with Crippen LogP contribution in [-0.2, 0) is 10.0 Å². The Labute approximate surface area is 110 Å². The second-order valence-corrected chi connectivity index (χ2v) is 6.67. The molecule has 3 N–H and O–H groups in total. The first kappa shape index (κ1) is 16.8. The Hall–Kier alpha value is -0.240. The fourth-order valence-electron chi connectivity index (χ4n) is 1.44. The molecule has 1 atom stereocenters. The lowest BCUT2D eigenvalue weighted by Gasteiger charge is -2.15. The Kier molecular flexibility index (Phi) is 7.85. The highest BCUT2D eigenvalue weighted by Gasteiger charge is 2.25. The second-order valence-electron chi connectivity index (χ2n) is 4.25. The van der Waals surface area contributed by atoms with Crippen molar-refractivity contribution in [3.63, 3.8) is 0 Å². The van der Waals surface area contributed by atoms with E-state index in [0.717, 1.165) is 19.4 Å². The van der Waals surface area contributed by atoms with Gasteiger partial charge in [-0.05, 0) is 39.9 Å². The first-order valence-electron chi connectivity index (χ1n) is 5.73. The van der Waals surface area contributed by atoms with Gasteiger partial charge in [-0.2, -0.15) is 0 Å². The minimum atomic E-state index is -3.40. The van der Waals surface area contributed by atoms with Crippen molar-refractivity contribution in [3.8, 4) is 0 Å². The summed E-state index contributed by atoms with van der Waals surface area (Å²) in [5, 5.41) is -0.758. The van der Waals surface area contributed by atoms with E-state index in [4.69, 9.17) is 18.0 Å². The minimum Gasteiger partial charge on any atom is -0.392 e. The number of nitrogens with one attached hydrogen (secondary N) is 1. The monoisotopic (exact) mass is 281 g/mol. The number of nitrogens with zero attached hydrogens (tertiary/aromatic N) is 1. The molecular formula is C10H23N3O2S2. The van der Waals surface area contributed by atoms with Gasteiger partial charge in [0, 0.05) is 6.54 Å². The molecular weight excluding hydrogens is 258 g/mol. The molecule has 0 radical (unpaired) electrons. The Morgan fingerprint density at radius 3 is 2.41 bits per heavy atom. The lowest BCUT2D eigenvalue weighted by molar-refractivity contribution is 0.394. The summed E-state index contributed by atoms with van der Waals surface area (Å²) in [5.74, 6) is 0. The zero-order valence-electron chi connectivity index (χ0n) is 10.8. The molecule has 0 aliphatic heterocycles. The molecule has 0 aromatic carbocycles. The summed E-state index contributed by atoms with van der Waals surface area (Å²) >= 11 is 4.75. The number of hydrogen-bond acceptors (Lipinski definition) is 4. The van der Waals surface area contributed by atoms with Gasteiger partial charge >= 0.3 is 0 Å². The molecule has 0 amide bonds. The summed E-state index contributed by atoms with van der Waals surface area (Å²) in [6, 6.07) is 0. The molecule has 0 aliphatic rings. The predicted molar refractivity (Wildman–Crippen MR) is 75.6 cm³/mol. The molecule has 0 saturated carbocycles. The standard InChI is InChI=1S/C10H23N3O2S2/c1-4-9(10(11)16)17(14,15)12-7-5-6-8-13(2)3/h9,12H,4-8H2,1-3H3,(H2,11,16). The van der Waals surface area contributed by atoms with Gasteiger partial charge in [0.15, 0.2) is 0 Å². The zero-order chi connectivity index (χ0) is 13.5. The molecule has 0 aromatic heterocycles. The van der Waals surface area contributed by atoms with Crippen molar-refractivity contribution in [2.45, 2.75) is 31.4 Å². The maximum atomic E-state index is 11.8. The van der Waals surface area contributed by atoms with E-state index in [-0.39, 0.29) is 4.99 Å². The fraction of sp³-hybridized carbons (Fsp3) is 0.900. The van der Waals surface area contributed by atoms with Gasteiger partial charge in [0.05, 0.1) is 4.99 Å². The van der Waals surface area contributed by atoms with Crippen LogP contribution in [0.2, 0.25) is 0 Å². The number of hydrogen-bond donors (Lipinski definition) is 2. The first-order valence-corrected chi connectivity index (χ1v) is 7.69. The molecule has 1 unspecified atom stereocenters. The topological polar surface area (TPSA) is 75.4 Å². The van der Waals surface area contributed by atoms with Gasteiger partial charge < -0.3 is 10.6 Å². The van der Waals surface area contributed by atoms with E-state index in [9.17, 15) is 8.42 Å². The van der Waals surface area contributed by atoms with Crippen molar-refractivity contribution in [2.75, 3.05) is 27.2 Å². The molecule has 0 bridgehead atoms. The quantitative estimate of drug-likeness (QED) is 0.470. The fourth-order valence-corrected chi connectivity index (χ4v) is 3.36. The summed E-state index contributed by atoms with van der Waals surface area (Å²) < 4.78 is 26.2. The van der Waals surface area contributed by atoms with Gasteiger partial charge in [-0.25, -0.2) is 13.1 Å². The van der Waals surface area contributed by atoms with Gasteiger partial charge in [0.1, 0.15) is 5.25 Å². The summed E-state index contributed by atoms with van der Waals surface area (Å²) in [7, 11) is 0.578. The molecule has 0 spiro atoms. The molecule has 0 aliphatic carbocycles. The summed E-state index contributed by atoms with van der Waals surface area (Å²) in [6.45, 7) is 3.15. The van der Waals surface area contributed by atoms with Crippen LogP contribution >= 0.6 is 12.2 Å². The van der Waals surface area contributed by atoms with E-state index in [1.165, 1.54) is 0 Å². The molecule has 7 heteroatoms. The molecule has 0 rings (SSSR count). The van der Waals surface area contributed by atoms with Crippen LogP contribution in [0, 0.1) is 0 Å². The van der Waals surface area contributed by atoms with Gasteiger partial charge in [0.25, 0.3) is 0 Å². The van der Waals surface area contributed by atoms with Gasteiger partial charge in [-0.3, -0.25) is 0 Å². The average molecular weight is 281 g/mol. The number of sulfonamides is 1. The van der Waals surface area contributed by atoms with Crippen molar-refractivity contribution in [1.29, 1.82) is 0 Å². The van der Waals surface area contributed by atoms with E-state index in [1.807, 2.05) is 14.1 Å². The molecule has 17 heavy (non-hydrogen) atoms. The second kappa shape index (κ2) is 7.97. The Bertz CT molecular complexity index is 328. The van der Waals surface area contributed by atoms with Crippen molar-refractivity contribution >= 4 is 27.2 Å². The average Bonchev–Trinajstić information content (AvgIpc) is 2.16. The van der Waals surface area contributed by atoms with E-state index in [2.05, 4.69) is 9.62 Å².